The number of aromatic nitrogens is 2. The third-order valence-corrected chi connectivity index (χ3v) is 2.44. The van der Waals surface area contributed by atoms with E-state index in [1.54, 1.807) is 12.2 Å². The molecule has 0 aliphatic carbocycles. The molecular weight excluding hydrogens is 345 g/mol. The molecule has 0 fully saturated rings. The maximum atomic E-state index is 11.1. The fraction of sp³-hybridized carbons (Fsp3) is 0. The average Bonchev–Trinajstić information content (AvgIpc) is 2.70. The number of nitrogens with one attached hydrogen (secondary N) is 1. The SMILES string of the molecule is N=C\C=C(/C=C\C=C\I)n1ncc(C(N)=O)c1N. The van der Waals surface area contributed by atoms with E-state index in [0.29, 0.717) is 5.70 Å². The van der Waals surface area contributed by atoms with Crippen LogP contribution in [0.2, 0.25) is 0 Å². The highest BCUT2D eigenvalue weighted by molar-refractivity contribution is 14.1. The number of nitrogen functional groups attached to an aromatic ring is 1. The zero-order valence-corrected chi connectivity index (χ0v) is 11.5. The number of hydrogen-bond acceptors (Lipinski definition) is 4. The van der Waals surface area contributed by atoms with Crippen LogP contribution < -0.4 is 11.5 Å². The molecule has 18 heavy (non-hydrogen) atoms. The number of hydrogen-bond donors (Lipinski definition) is 3. The van der Waals surface area contributed by atoms with Crippen molar-refractivity contribution in [2.45, 2.75) is 0 Å². The molecule has 1 aromatic rings. The largest absolute Gasteiger partial charge is 0.383 e. The molecule has 1 amide bonds. The first-order valence-corrected chi connectivity index (χ1v) is 6.14. The number of carbonyl (C=O) groups is 1. The first-order valence-electron chi connectivity index (χ1n) is 4.89. The summed E-state index contributed by atoms with van der Waals surface area (Å²) in [5.41, 5.74) is 11.6. The molecular formula is C11H12IN5O. The lowest BCUT2D eigenvalue weighted by Crippen LogP contribution is -2.13. The molecule has 0 spiro atoms. The number of rotatable bonds is 5. The predicted octanol–water partition coefficient (Wildman–Crippen LogP) is 1.56. The van der Waals surface area contributed by atoms with Crippen LogP contribution in [0.3, 0.4) is 0 Å². The van der Waals surface area contributed by atoms with E-state index < -0.39 is 5.91 Å². The zero-order valence-electron chi connectivity index (χ0n) is 9.38. The van der Waals surface area contributed by atoms with Gasteiger partial charge in [0.1, 0.15) is 11.4 Å². The maximum Gasteiger partial charge on any atom is 0.254 e. The monoisotopic (exact) mass is 357 g/mol. The number of nitrogens with two attached hydrogens (primary N) is 2. The molecule has 6 nitrogen and oxygen atoms in total. The third kappa shape index (κ3) is 3.29. The minimum atomic E-state index is -0.635. The Hall–Kier alpha value is -1.90. The summed E-state index contributed by atoms with van der Waals surface area (Å²) in [6.07, 6.45) is 9.22. The first kappa shape index (κ1) is 14.2. The van der Waals surface area contributed by atoms with Crippen LogP contribution >= 0.6 is 22.6 Å². The van der Waals surface area contributed by atoms with Crippen molar-refractivity contribution in [1.82, 2.24) is 9.78 Å². The minimum Gasteiger partial charge on any atom is -0.383 e. The smallest absolute Gasteiger partial charge is 0.254 e. The van der Waals surface area contributed by atoms with E-state index in [2.05, 4.69) is 27.7 Å². The molecule has 0 aromatic carbocycles. The van der Waals surface area contributed by atoms with Crippen molar-refractivity contribution >= 4 is 46.2 Å². The minimum absolute atomic E-state index is 0.152. The van der Waals surface area contributed by atoms with Gasteiger partial charge in [-0.1, -0.05) is 34.7 Å². The van der Waals surface area contributed by atoms with Crippen molar-refractivity contribution in [3.63, 3.8) is 0 Å². The standard InChI is InChI=1S/C11H12IN5O/c12-5-2-1-3-8(4-6-13)17-10(14)9(7-16-17)11(15)18/h1-7,13H,14H2,(H2,15,18)/b3-1-,5-2+,8-4+,13-6?. The molecule has 1 aromatic heterocycles. The highest BCUT2D eigenvalue weighted by atomic mass is 127. The lowest BCUT2D eigenvalue weighted by molar-refractivity contribution is 0.100. The predicted molar refractivity (Wildman–Crippen MR) is 80.5 cm³/mol. The second-order valence-corrected chi connectivity index (χ2v) is 3.87. The Morgan fingerprint density at radius 1 is 1.50 bits per heavy atom. The summed E-state index contributed by atoms with van der Waals surface area (Å²) in [6, 6.07) is 0. The summed E-state index contributed by atoms with van der Waals surface area (Å²) in [6.45, 7) is 0. The summed E-state index contributed by atoms with van der Waals surface area (Å²) >= 11 is 2.09. The maximum absolute atomic E-state index is 11.1. The molecule has 0 unspecified atom stereocenters. The second-order valence-electron chi connectivity index (χ2n) is 3.16. The Morgan fingerprint density at radius 2 is 2.22 bits per heavy atom. The van der Waals surface area contributed by atoms with E-state index >= 15 is 0 Å². The molecule has 0 aliphatic heterocycles. The lowest BCUT2D eigenvalue weighted by atomic mass is 10.3. The number of halogens is 1. The fourth-order valence-electron chi connectivity index (χ4n) is 1.23. The summed E-state index contributed by atoms with van der Waals surface area (Å²) < 4.78 is 3.18. The Bertz CT molecular complexity index is 542. The van der Waals surface area contributed by atoms with Gasteiger partial charge >= 0.3 is 0 Å². The van der Waals surface area contributed by atoms with Crippen molar-refractivity contribution < 1.29 is 4.79 Å². The molecule has 0 aliphatic rings. The van der Waals surface area contributed by atoms with Gasteiger partial charge in [0.15, 0.2) is 0 Å². The summed E-state index contributed by atoms with van der Waals surface area (Å²) in [7, 11) is 0. The quantitative estimate of drug-likeness (QED) is 0.422. The van der Waals surface area contributed by atoms with Gasteiger partial charge < -0.3 is 16.9 Å². The summed E-state index contributed by atoms with van der Waals surface area (Å²) in [4.78, 5) is 11.1. The molecule has 0 bridgehead atoms. The third-order valence-electron chi connectivity index (χ3n) is 2.02. The molecule has 1 rings (SSSR count). The summed E-state index contributed by atoms with van der Waals surface area (Å²) in [5.74, 6) is -0.484. The molecule has 0 saturated carbocycles. The summed E-state index contributed by atoms with van der Waals surface area (Å²) in [5, 5.41) is 11.1. The average molecular weight is 357 g/mol. The van der Waals surface area contributed by atoms with Gasteiger partial charge in [0.2, 0.25) is 0 Å². The van der Waals surface area contributed by atoms with Gasteiger partial charge in [-0.05, 0) is 16.2 Å². The molecule has 0 saturated heterocycles. The normalized spacial score (nSPS) is 12.4. The van der Waals surface area contributed by atoms with Crippen LogP contribution in [0.15, 0.2) is 34.6 Å². The van der Waals surface area contributed by atoms with Gasteiger partial charge in [0.05, 0.1) is 11.9 Å². The highest BCUT2D eigenvalue weighted by Crippen LogP contribution is 2.16. The zero-order chi connectivity index (χ0) is 13.5. The Labute approximate surface area is 118 Å². The number of carbonyl (C=O) groups excluding carboxylic acids is 1. The van der Waals surface area contributed by atoms with E-state index in [4.69, 9.17) is 16.9 Å². The van der Waals surface area contributed by atoms with Gasteiger partial charge in [-0.25, -0.2) is 4.68 Å². The number of anilines is 1. The van der Waals surface area contributed by atoms with Crippen LogP contribution in [0.4, 0.5) is 5.82 Å². The Morgan fingerprint density at radius 3 is 2.72 bits per heavy atom. The van der Waals surface area contributed by atoms with Crippen molar-refractivity contribution in [2.24, 2.45) is 5.73 Å². The molecule has 7 heteroatoms. The van der Waals surface area contributed by atoms with Crippen LogP contribution in [-0.2, 0) is 0 Å². The second kappa shape index (κ2) is 6.74. The van der Waals surface area contributed by atoms with Crippen LogP contribution in [0.1, 0.15) is 10.4 Å². The molecule has 0 radical (unpaired) electrons. The molecule has 0 atom stereocenters. The van der Waals surface area contributed by atoms with Crippen LogP contribution in [0.25, 0.3) is 5.70 Å². The van der Waals surface area contributed by atoms with E-state index in [9.17, 15) is 4.79 Å². The number of nitrogens with zero attached hydrogens (tertiary/aromatic N) is 2. The van der Waals surface area contributed by atoms with Gasteiger partial charge in [-0.15, -0.1) is 0 Å². The van der Waals surface area contributed by atoms with E-state index in [-0.39, 0.29) is 11.4 Å². The van der Waals surface area contributed by atoms with Crippen molar-refractivity contribution in [3.05, 3.63) is 40.1 Å². The van der Waals surface area contributed by atoms with Gasteiger partial charge in [-0.3, -0.25) is 4.79 Å². The first-order chi connectivity index (χ1) is 8.61. The van der Waals surface area contributed by atoms with E-state index in [1.807, 2.05) is 10.2 Å². The topological polar surface area (TPSA) is 111 Å². The van der Waals surface area contributed by atoms with Gasteiger partial charge in [0.25, 0.3) is 5.91 Å². The number of allylic oxidation sites excluding steroid dienone is 5. The molecule has 5 N–H and O–H groups in total. The Kier molecular flexibility index (Phi) is 5.31. The lowest BCUT2D eigenvalue weighted by Gasteiger charge is -2.04. The van der Waals surface area contributed by atoms with Crippen molar-refractivity contribution in [1.29, 1.82) is 5.41 Å². The van der Waals surface area contributed by atoms with E-state index in [0.717, 1.165) is 6.21 Å². The van der Waals surface area contributed by atoms with Crippen molar-refractivity contribution in [3.8, 4) is 0 Å². The van der Waals surface area contributed by atoms with E-state index in [1.165, 1.54) is 17.0 Å². The molecule has 1 heterocycles. The highest BCUT2D eigenvalue weighted by Gasteiger charge is 2.13. The van der Waals surface area contributed by atoms with Crippen LogP contribution in [-0.4, -0.2) is 21.9 Å². The van der Waals surface area contributed by atoms with Crippen LogP contribution in [0, 0.1) is 5.41 Å². The van der Waals surface area contributed by atoms with Gasteiger partial charge in [0, 0.05) is 6.21 Å². The van der Waals surface area contributed by atoms with Crippen LogP contribution in [0.5, 0.6) is 0 Å². The fourth-order valence-corrected chi connectivity index (χ4v) is 1.47. The molecule has 94 valence electrons. The van der Waals surface area contributed by atoms with Crippen molar-refractivity contribution in [2.75, 3.05) is 5.73 Å². The van der Waals surface area contributed by atoms with Gasteiger partial charge in [-0.2, -0.15) is 5.10 Å². The number of amides is 1. The number of primary amides is 1. The Balaban J connectivity index is 3.19.